The molecule has 0 unspecified atom stereocenters. The van der Waals surface area contributed by atoms with Crippen LogP contribution in [0.4, 0.5) is 5.69 Å². The summed E-state index contributed by atoms with van der Waals surface area (Å²) >= 11 is 0. The summed E-state index contributed by atoms with van der Waals surface area (Å²) in [5.41, 5.74) is 0.795. The fourth-order valence-electron chi connectivity index (χ4n) is 2.31. The van der Waals surface area contributed by atoms with Gasteiger partial charge in [0.25, 0.3) is 11.6 Å². The van der Waals surface area contributed by atoms with Crippen LogP contribution in [0.3, 0.4) is 0 Å². The number of rotatable bonds is 6. The zero-order valence-electron chi connectivity index (χ0n) is 13.4. The molecule has 1 N–H and O–H groups in total. The van der Waals surface area contributed by atoms with Crippen LogP contribution in [0.5, 0.6) is 0 Å². The molecule has 122 valence electrons. The van der Waals surface area contributed by atoms with E-state index in [1.807, 2.05) is 24.6 Å². The molecule has 1 heterocycles. The second-order valence-corrected chi connectivity index (χ2v) is 5.70. The van der Waals surface area contributed by atoms with Gasteiger partial charge in [-0.3, -0.25) is 14.9 Å². The van der Waals surface area contributed by atoms with Crippen LogP contribution in [0, 0.1) is 29.9 Å². The fraction of sp³-hybridized carbons (Fsp3) is 0.375. The molecule has 0 saturated heterocycles. The van der Waals surface area contributed by atoms with E-state index in [2.05, 4.69) is 10.3 Å². The Morgan fingerprint density at radius 3 is 2.78 bits per heavy atom. The summed E-state index contributed by atoms with van der Waals surface area (Å²) in [5, 5.41) is 13.8. The molecule has 2 rings (SSSR count). The third-order valence-corrected chi connectivity index (χ3v) is 3.71. The van der Waals surface area contributed by atoms with E-state index in [1.165, 1.54) is 6.07 Å². The zero-order chi connectivity index (χ0) is 17.0. The average molecular weight is 316 g/mol. The van der Waals surface area contributed by atoms with Gasteiger partial charge in [-0.25, -0.2) is 4.98 Å². The number of hydrogen-bond donors (Lipinski definition) is 1. The highest BCUT2D eigenvalue weighted by Gasteiger charge is 2.15. The van der Waals surface area contributed by atoms with Crippen LogP contribution in [0.2, 0.25) is 0 Å². The molecule has 0 spiro atoms. The normalized spacial score (nSPS) is 12.0. The van der Waals surface area contributed by atoms with Crippen molar-refractivity contribution >= 4 is 11.6 Å². The van der Waals surface area contributed by atoms with E-state index in [9.17, 15) is 14.9 Å². The van der Waals surface area contributed by atoms with Gasteiger partial charge >= 0.3 is 0 Å². The molecule has 0 aliphatic rings. The lowest BCUT2D eigenvalue weighted by Crippen LogP contribution is -2.30. The van der Waals surface area contributed by atoms with E-state index >= 15 is 0 Å². The molecule has 0 saturated carbocycles. The predicted octanol–water partition coefficient (Wildman–Crippen LogP) is 2.47. The first-order valence-corrected chi connectivity index (χ1v) is 7.39. The Kier molecular flexibility index (Phi) is 5.10. The summed E-state index contributed by atoms with van der Waals surface area (Å²) in [7, 11) is 0. The van der Waals surface area contributed by atoms with E-state index in [0.29, 0.717) is 17.7 Å². The minimum absolute atomic E-state index is 0.0419. The number of aryl methyl sites for hydroxylation is 2. The first-order chi connectivity index (χ1) is 10.9. The van der Waals surface area contributed by atoms with Gasteiger partial charge in [0, 0.05) is 42.7 Å². The molecule has 0 bridgehead atoms. The van der Waals surface area contributed by atoms with E-state index in [0.717, 1.165) is 12.4 Å². The highest BCUT2D eigenvalue weighted by atomic mass is 16.6. The average Bonchev–Trinajstić information content (AvgIpc) is 2.90. The van der Waals surface area contributed by atoms with Crippen molar-refractivity contribution in [2.75, 3.05) is 6.54 Å². The van der Waals surface area contributed by atoms with Crippen LogP contribution >= 0.6 is 0 Å². The van der Waals surface area contributed by atoms with Crippen molar-refractivity contribution in [3.05, 3.63) is 57.7 Å². The lowest BCUT2D eigenvalue weighted by atomic mass is 10.1. The van der Waals surface area contributed by atoms with Crippen LogP contribution < -0.4 is 5.32 Å². The summed E-state index contributed by atoms with van der Waals surface area (Å²) in [6, 6.07) is 4.50. The molecule has 7 heteroatoms. The van der Waals surface area contributed by atoms with E-state index < -0.39 is 4.92 Å². The standard InChI is InChI=1S/C16H20N4O3/c1-11(10-19-7-6-17-13(19)3)9-18-16(21)14-5-4-12(2)15(8-14)20(22)23/h4-8,11H,9-10H2,1-3H3,(H,18,21)/t11-/m1/s1. The summed E-state index contributed by atoms with van der Waals surface area (Å²) in [6.07, 6.45) is 3.64. The van der Waals surface area contributed by atoms with Crippen molar-refractivity contribution in [2.45, 2.75) is 27.3 Å². The number of aromatic nitrogens is 2. The van der Waals surface area contributed by atoms with Gasteiger partial charge in [-0.15, -0.1) is 0 Å². The van der Waals surface area contributed by atoms with Crippen LogP contribution in [0.25, 0.3) is 0 Å². The topological polar surface area (TPSA) is 90.1 Å². The molecule has 0 radical (unpaired) electrons. The molecule has 1 aromatic carbocycles. The number of nitro groups is 1. The molecule has 1 aromatic heterocycles. The smallest absolute Gasteiger partial charge is 0.273 e. The number of hydrogen-bond acceptors (Lipinski definition) is 4. The second-order valence-electron chi connectivity index (χ2n) is 5.70. The Morgan fingerprint density at radius 2 is 2.17 bits per heavy atom. The Bertz CT molecular complexity index is 724. The van der Waals surface area contributed by atoms with Crippen LogP contribution in [0.1, 0.15) is 28.7 Å². The largest absolute Gasteiger partial charge is 0.352 e. The molecular weight excluding hydrogens is 296 g/mol. The van der Waals surface area contributed by atoms with Gasteiger partial charge in [0.15, 0.2) is 0 Å². The van der Waals surface area contributed by atoms with Gasteiger partial charge in [-0.2, -0.15) is 0 Å². The number of nitrogens with zero attached hydrogens (tertiary/aromatic N) is 3. The SMILES string of the molecule is Cc1ccc(C(=O)NC[C@@H](C)Cn2ccnc2C)cc1[N+](=O)[O-]. The van der Waals surface area contributed by atoms with Gasteiger partial charge in [0.05, 0.1) is 4.92 Å². The minimum Gasteiger partial charge on any atom is -0.352 e. The van der Waals surface area contributed by atoms with E-state index in [-0.39, 0.29) is 17.5 Å². The summed E-state index contributed by atoms with van der Waals surface area (Å²) < 4.78 is 2.02. The zero-order valence-corrected chi connectivity index (χ0v) is 13.4. The molecule has 0 aliphatic heterocycles. The van der Waals surface area contributed by atoms with Crippen LogP contribution in [-0.2, 0) is 6.54 Å². The number of carbonyl (C=O) groups is 1. The number of imidazole rings is 1. The molecular formula is C16H20N4O3. The lowest BCUT2D eigenvalue weighted by molar-refractivity contribution is -0.385. The summed E-state index contributed by atoms with van der Waals surface area (Å²) in [5.74, 6) is 0.840. The third-order valence-electron chi connectivity index (χ3n) is 3.71. The first-order valence-electron chi connectivity index (χ1n) is 7.39. The Hall–Kier alpha value is -2.70. The van der Waals surface area contributed by atoms with Gasteiger partial charge in [0.1, 0.15) is 5.82 Å². The second kappa shape index (κ2) is 7.04. The Morgan fingerprint density at radius 1 is 1.43 bits per heavy atom. The minimum atomic E-state index is -0.476. The van der Waals surface area contributed by atoms with Crippen LogP contribution in [0.15, 0.2) is 30.6 Å². The maximum atomic E-state index is 12.2. The number of nitrogens with one attached hydrogen (secondary N) is 1. The molecule has 0 aliphatic carbocycles. The fourth-order valence-corrected chi connectivity index (χ4v) is 2.31. The number of benzene rings is 1. The van der Waals surface area contributed by atoms with Crippen molar-refractivity contribution in [2.24, 2.45) is 5.92 Å². The Labute approximate surface area is 134 Å². The molecule has 23 heavy (non-hydrogen) atoms. The first kappa shape index (κ1) is 16.7. The van der Waals surface area contributed by atoms with Crippen molar-refractivity contribution in [1.82, 2.24) is 14.9 Å². The molecule has 7 nitrogen and oxygen atoms in total. The predicted molar refractivity (Wildman–Crippen MR) is 86.3 cm³/mol. The quantitative estimate of drug-likeness (QED) is 0.655. The molecule has 2 aromatic rings. The van der Waals surface area contributed by atoms with Gasteiger partial charge < -0.3 is 9.88 Å². The monoisotopic (exact) mass is 316 g/mol. The molecule has 1 atom stereocenters. The summed E-state index contributed by atoms with van der Waals surface area (Å²) in [6.45, 7) is 6.83. The molecule has 0 fully saturated rings. The van der Waals surface area contributed by atoms with Crippen molar-refractivity contribution < 1.29 is 9.72 Å². The van der Waals surface area contributed by atoms with Crippen molar-refractivity contribution in [1.29, 1.82) is 0 Å². The highest BCUT2D eigenvalue weighted by Crippen LogP contribution is 2.19. The van der Waals surface area contributed by atoms with Crippen molar-refractivity contribution in [3.63, 3.8) is 0 Å². The Balaban J connectivity index is 1.95. The van der Waals surface area contributed by atoms with Gasteiger partial charge in [-0.1, -0.05) is 13.0 Å². The number of carbonyl (C=O) groups excluding carboxylic acids is 1. The van der Waals surface area contributed by atoms with Crippen molar-refractivity contribution in [3.8, 4) is 0 Å². The molecule has 1 amide bonds. The summed E-state index contributed by atoms with van der Waals surface area (Å²) in [4.78, 5) is 26.8. The third kappa shape index (κ3) is 4.15. The maximum absolute atomic E-state index is 12.2. The van der Waals surface area contributed by atoms with Gasteiger partial charge in [-0.05, 0) is 25.8 Å². The lowest BCUT2D eigenvalue weighted by Gasteiger charge is -2.14. The maximum Gasteiger partial charge on any atom is 0.273 e. The van der Waals surface area contributed by atoms with E-state index in [1.54, 1.807) is 25.3 Å². The number of amides is 1. The number of nitro benzene ring substituents is 1. The van der Waals surface area contributed by atoms with Crippen LogP contribution in [-0.4, -0.2) is 26.9 Å². The van der Waals surface area contributed by atoms with Gasteiger partial charge in [0.2, 0.25) is 0 Å². The highest BCUT2D eigenvalue weighted by molar-refractivity contribution is 5.94. The van der Waals surface area contributed by atoms with E-state index in [4.69, 9.17) is 0 Å².